The molecule has 2 heterocycles. The fourth-order valence-electron chi connectivity index (χ4n) is 2.19. The van der Waals surface area contributed by atoms with Gasteiger partial charge in [-0.2, -0.15) is 0 Å². The van der Waals surface area contributed by atoms with Crippen molar-refractivity contribution in [3.8, 4) is 0 Å². The number of aromatic carboxylic acids is 1. The highest BCUT2D eigenvalue weighted by atomic mass is 19.1. The number of rotatable bonds is 1. The van der Waals surface area contributed by atoms with Crippen molar-refractivity contribution in [2.75, 3.05) is 0 Å². The summed E-state index contributed by atoms with van der Waals surface area (Å²) < 4.78 is 14.8. The SMILES string of the molecule is O=C(O)c1ccc2c(ccn2C2=NC=C(F)CC2)c1. The van der Waals surface area contributed by atoms with Crippen molar-refractivity contribution in [3.05, 3.63) is 48.1 Å². The molecule has 96 valence electrons. The van der Waals surface area contributed by atoms with E-state index in [1.54, 1.807) is 18.2 Å². The number of benzene rings is 1. The minimum atomic E-state index is -0.949. The van der Waals surface area contributed by atoms with Crippen molar-refractivity contribution >= 4 is 22.7 Å². The first kappa shape index (κ1) is 11.6. The molecule has 1 aliphatic rings. The van der Waals surface area contributed by atoms with Gasteiger partial charge in [0.1, 0.15) is 11.7 Å². The van der Waals surface area contributed by atoms with Crippen LogP contribution in [0.4, 0.5) is 4.39 Å². The molecule has 0 fully saturated rings. The van der Waals surface area contributed by atoms with Crippen LogP contribution in [0.1, 0.15) is 23.2 Å². The molecule has 19 heavy (non-hydrogen) atoms. The average Bonchev–Trinajstić information content (AvgIpc) is 2.82. The Hall–Kier alpha value is -2.43. The highest BCUT2D eigenvalue weighted by molar-refractivity contribution is 5.99. The Labute approximate surface area is 108 Å². The van der Waals surface area contributed by atoms with Crippen molar-refractivity contribution < 1.29 is 14.3 Å². The number of fused-ring (bicyclic) bond motifs is 1. The van der Waals surface area contributed by atoms with Crippen LogP contribution in [0.5, 0.6) is 0 Å². The Morgan fingerprint density at radius 2 is 2.16 bits per heavy atom. The second-order valence-electron chi connectivity index (χ2n) is 4.39. The number of nitrogens with zero attached hydrogens (tertiary/aromatic N) is 2. The van der Waals surface area contributed by atoms with Crippen LogP contribution >= 0.6 is 0 Å². The normalized spacial score (nSPS) is 15.2. The minimum absolute atomic E-state index is 0.214. The van der Waals surface area contributed by atoms with Gasteiger partial charge in [-0.25, -0.2) is 14.2 Å². The number of carbonyl (C=O) groups is 1. The Bertz CT molecular complexity index is 728. The van der Waals surface area contributed by atoms with E-state index in [1.807, 2.05) is 16.8 Å². The molecular weight excluding hydrogens is 247 g/mol. The molecule has 1 aliphatic heterocycles. The summed E-state index contributed by atoms with van der Waals surface area (Å²) in [6.45, 7) is 0. The van der Waals surface area contributed by atoms with Gasteiger partial charge in [0.05, 0.1) is 17.3 Å². The van der Waals surface area contributed by atoms with E-state index in [-0.39, 0.29) is 11.4 Å². The molecular formula is C14H11FN2O2. The van der Waals surface area contributed by atoms with Crippen LogP contribution in [0.3, 0.4) is 0 Å². The highest BCUT2D eigenvalue weighted by Gasteiger charge is 2.12. The third-order valence-corrected chi connectivity index (χ3v) is 3.16. The summed E-state index contributed by atoms with van der Waals surface area (Å²) in [6.07, 6.45) is 3.95. The van der Waals surface area contributed by atoms with Gasteiger partial charge in [0.15, 0.2) is 0 Å². The van der Waals surface area contributed by atoms with E-state index in [9.17, 15) is 9.18 Å². The molecule has 0 aliphatic carbocycles. The molecule has 0 atom stereocenters. The molecule has 0 saturated heterocycles. The topological polar surface area (TPSA) is 54.6 Å². The van der Waals surface area contributed by atoms with Crippen LogP contribution in [-0.4, -0.2) is 21.5 Å². The van der Waals surface area contributed by atoms with E-state index >= 15 is 0 Å². The summed E-state index contributed by atoms with van der Waals surface area (Å²) in [5, 5.41) is 9.78. The number of aliphatic imine (C=N–C) groups is 1. The molecule has 0 radical (unpaired) electrons. The summed E-state index contributed by atoms with van der Waals surface area (Å²) in [4.78, 5) is 15.0. The lowest BCUT2D eigenvalue weighted by Gasteiger charge is -2.11. The van der Waals surface area contributed by atoms with E-state index in [4.69, 9.17) is 5.11 Å². The van der Waals surface area contributed by atoms with Crippen molar-refractivity contribution in [3.63, 3.8) is 0 Å². The van der Waals surface area contributed by atoms with Crippen molar-refractivity contribution in [2.24, 2.45) is 4.99 Å². The van der Waals surface area contributed by atoms with Gasteiger partial charge in [-0.05, 0) is 24.3 Å². The maximum Gasteiger partial charge on any atom is 0.335 e. The van der Waals surface area contributed by atoms with E-state index in [1.165, 1.54) is 6.20 Å². The van der Waals surface area contributed by atoms with Gasteiger partial charge >= 0.3 is 5.97 Å². The maximum atomic E-state index is 12.9. The predicted octanol–water partition coefficient (Wildman–Crippen LogP) is 3.19. The zero-order chi connectivity index (χ0) is 13.4. The van der Waals surface area contributed by atoms with E-state index < -0.39 is 5.97 Å². The second kappa shape index (κ2) is 4.35. The van der Waals surface area contributed by atoms with E-state index in [0.717, 1.165) is 16.7 Å². The van der Waals surface area contributed by atoms with Crippen LogP contribution in [0, 0.1) is 0 Å². The van der Waals surface area contributed by atoms with E-state index in [2.05, 4.69) is 4.99 Å². The molecule has 1 aromatic carbocycles. The standard InChI is InChI=1S/C14H11FN2O2/c15-11-2-4-13(16-8-11)17-6-5-9-7-10(14(18)19)1-3-12(9)17/h1,3,5-8H,2,4H2,(H,18,19). The summed E-state index contributed by atoms with van der Waals surface area (Å²) in [6, 6.07) is 6.75. The molecule has 4 nitrogen and oxygen atoms in total. The lowest BCUT2D eigenvalue weighted by molar-refractivity contribution is 0.0697. The zero-order valence-corrected chi connectivity index (χ0v) is 10.0. The molecule has 2 aromatic rings. The quantitative estimate of drug-likeness (QED) is 0.854. The molecule has 3 rings (SSSR count). The first-order chi connectivity index (χ1) is 9.15. The number of allylic oxidation sites excluding steroid dienone is 1. The van der Waals surface area contributed by atoms with Crippen molar-refractivity contribution in [1.82, 2.24) is 4.57 Å². The Kier molecular flexibility index (Phi) is 2.67. The Morgan fingerprint density at radius 1 is 1.32 bits per heavy atom. The molecule has 5 heteroatoms. The van der Waals surface area contributed by atoms with Gasteiger partial charge in [0.25, 0.3) is 0 Å². The Morgan fingerprint density at radius 3 is 2.84 bits per heavy atom. The minimum Gasteiger partial charge on any atom is -0.478 e. The highest BCUT2D eigenvalue weighted by Crippen LogP contribution is 2.21. The van der Waals surface area contributed by atoms with E-state index in [0.29, 0.717) is 12.8 Å². The molecule has 1 N–H and O–H groups in total. The second-order valence-corrected chi connectivity index (χ2v) is 4.39. The molecule has 0 bridgehead atoms. The Balaban J connectivity index is 2.09. The number of carboxylic acids is 1. The average molecular weight is 258 g/mol. The molecule has 0 saturated carbocycles. The number of aromatic nitrogens is 1. The van der Waals surface area contributed by atoms with Crippen LogP contribution in [0.2, 0.25) is 0 Å². The summed E-state index contributed by atoms with van der Waals surface area (Å²) in [7, 11) is 0. The first-order valence-electron chi connectivity index (χ1n) is 5.91. The number of hydrogen-bond donors (Lipinski definition) is 1. The fourth-order valence-corrected chi connectivity index (χ4v) is 2.19. The van der Waals surface area contributed by atoms with Crippen LogP contribution in [0.25, 0.3) is 10.9 Å². The lowest BCUT2D eigenvalue weighted by atomic mass is 10.1. The molecule has 1 aromatic heterocycles. The third-order valence-electron chi connectivity index (χ3n) is 3.16. The van der Waals surface area contributed by atoms with Gasteiger partial charge in [0, 0.05) is 24.4 Å². The summed E-state index contributed by atoms with van der Waals surface area (Å²) >= 11 is 0. The molecule has 0 amide bonds. The molecule has 0 spiro atoms. The van der Waals surface area contributed by atoms with Crippen LogP contribution < -0.4 is 0 Å². The lowest BCUT2D eigenvalue weighted by Crippen LogP contribution is -2.12. The van der Waals surface area contributed by atoms with Crippen molar-refractivity contribution in [1.29, 1.82) is 0 Å². The smallest absolute Gasteiger partial charge is 0.335 e. The van der Waals surface area contributed by atoms with Gasteiger partial charge in [-0.1, -0.05) is 0 Å². The summed E-state index contributed by atoms with van der Waals surface area (Å²) in [5.41, 5.74) is 1.13. The van der Waals surface area contributed by atoms with Gasteiger partial charge < -0.3 is 9.67 Å². The number of halogens is 1. The van der Waals surface area contributed by atoms with Gasteiger partial charge in [-0.3, -0.25) is 0 Å². The zero-order valence-electron chi connectivity index (χ0n) is 10.0. The van der Waals surface area contributed by atoms with Crippen molar-refractivity contribution in [2.45, 2.75) is 12.8 Å². The fraction of sp³-hybridized carbons (Fsp3) is 0.143. The predicted molar refractivity (Wildman–Crippen MR) is 70.2 cm³/mol. The largest absolute Gasteiger partial charge is 0.478 e. The van der Waals surface area contributed by atoms with Crippen LogP contribution in [-0.2, 0) is 0 Å². The third kappa shape index (κ3) is 2.03. The van der Waals surface area contributed by atoms with Gasteiger partial charge in [-0.15, -0.1) is 0 Å². The van der Waals surface area contributed by atoms with Gasteiger partial charge in [0.2, 0.25) is 0 Å². The monoisotopic (exact) mass is 258 g/mol. The first-order valence-corrected chi connectivity index (χ1v) is 5.91. The summed E-state index contributed by atoms with van der Waals surface area (Å²) in [5.74, 6) is -0.400. The number of hydrogen-bond acceptors (Lipinski definition) is 2. The molecule has 0 unspecified atom stereocenters. The number of carboxylic acid groups (broad SMARTS) is 1. The maximum absolute atomic E-state index is 12.9. The van der Waals surface area contributed by atoms with Crippen LogP contribution in [0.15, 0.2) is 47.5 Å².